The number of para-hydroxylation sites is 1. The largest absolute Gasteiger partial charge is 0.494 e. The zero-order valence-electron chi connectivity index (χ0n) is 10.8. The van der Waals surface area contributed by atoms with Crippen LogP contribution in [-0.4, -0.2) is 12.3 Å². The average Bonchev–Trinajstić information content (AvgIpc) is 2.41. The molecule has 0 heterocycles. The van der Waals surface area contributed by atoms with E-state index in [0.29, 0.717) is 6.61 Å². The van der Waals surface area contributed by atoms with Gasteiger partial charge in [-0.25, -0.2) is 0 Å². The molecule has 0 atom stereocenters. The second kappa shape index (κ2) is 6.01. The number of benzene rings is 2. The van der Waals surface area contributed by atoms with E-state index in [2.05, 4.69) is 4.99 Å². The van der Waals surface area contributed by atoms with Crippen LogP contribution in [0.25, 0.3) is 0 Å². The maximum absolute atomic E-state index is 5.42. The standard InChI is InChI=1S/C16H17NO/c1-3-18-16-11-9-14(10-12-16)13(2)17-15-7-5-4-6-8-15/h4-12H,3H2,1-2H3. The van der Waals surface area contributed by atoms with E-state index in [1.54, 1.807) is 0 Å². The summed E-state index contributed by atoms with van der Waals surface area (Å²) in [5, 5.41) is 0. The van der Waals surface area contributed by atoms with E-state index in [9.17, 15) is 0 Å². The van der Waals surface area contributed by atoms with Crippen molar-refractivity contribution in [2.24, 2.45) is 4.99 Å². The molecule has 0 radical (unpaired) electrons. The van der Waals surface area contributed by atoms with E-state index < -0.39 is 0 Å². The van der Waals surface area contributed by atoms with Crippen LogP contribution in [0.4, 0.5) is 5.69 Å². The summed E-state index contributed by atoms with van der Waals surface area (Å²) in [5.41, 5.74) is 3.09. The van der Waals surface area contributed by atoms with Crippen LogP contribution in [0.15, 0.2) is 59.6 Å². The Morgan fingerprint density at radius 3 is 2.28 bits per heavy atom. The Bertz CT molecular complexity index is 515. The van der Waals surface area contributed by atoms with Crippen LogP contribution in [0.1, 0.15) is 19.4 Å². The predicted molar refractivity (Wildman–Crippen MR) is 75.9 cm³/mol. The van der Waals surface area contributed by atoms with Crippen LogP contribution in [-0.2, 0) is 0 Å². The maximum atomic E-state index is 5.42. The van der Waals surface area contributed by atoms with Crippen molar-refractivity contribution >= 4 is 11.4 Å². The lowest BCUT2D eigenvalue weighted by molar-refractivity contribution is 0.340. The molecular weight excluding hydrogens is 222 g/mol. The van der Waals surface area contributed by atoms with Crippen LogP contribution in [0.5, 0.6) is 5.75 Å². The predicted octanol–water partition coefficient (Wildman–Crippen LogP) is 4.23. The van der Waals surface area contributed by atoms with Gasteiger partial charge >= 0.3 is 0 Å². The molecule has 2 aromatic carbocycles. The van der Waals surface area contributed by atoms with Gasteiger partial charge in [0.2, 0.25) is 0 Å². The van der Waals surface area contributed by atoms with Crippen molar-refractivity contribution in [3.8, 4) is 5.75 Å². The van der Waals surface area contributed by atoms with E-state index in [1.807, 2.05) is 68.4 Å². The monoisotopic (exact) mass is 239 g/mol. The summed E-state index contributed by atoms with van der Waals surface area (Å²) in [6.45, 7) is 4.69. The normalized spacial score (nSPS) is 11.3. The van der Waals surface area contributed by atoms with E-state index in [-0.39, 0.29) is 0 Å². The van der Waals surface area contributed by atoms with Crippen molar-refractivity contribution in [2.75, 3.05) is 6.61 Å². The van der Waals surface area contributed by atoms with E-state index in [0.717, 1.165) is 22.7 Å². The highest BCUT2D eigenvalue weighted by molar-refractivity contribution is 6.00. The summed E-state index contributed by atoms with van der Waals surface area (Å²) in [4.78, 5) is 4.58. The van der Waals surface area contributed by atoms with Crippen LogP contribution in [0.3, 0.4) is 0 Å². The number of hydrogen-bond donors (Lipinski definition) is 0. The molecule has 0 aromatic heterocycles. The van der Waals surface area contributed by atoms with Gasteiger partial charge in [-0.2, -0.15) is 0 Å². The Morgan fingerprint density at radius 1 is 1.00 bits per heavy atom. The summed E-state index contributed by atoms with van der Waals surface area (Å²) in [5.74, 6) is 0.897. The zero-order valence-corrected chi connectivity index (χ0v) is 10.8. The topological polar surface area (TPSA) is 21.6 Å². The third-order valence-electron chi connectivity index (χ3n) is 2.64. The van der Waals surface area contributed by atoms with Gasteiger partial charge in [0.15, 0.2) is 0 Å². The molecule has 0 saturated carbocycles. The lowest BCUT2D eigenvalue weighted by atomic mass is 10.1. The van der Waals surface area contributed by atoms with E-state index in [4.69, 9.17) is 4.74 Å². The first-order chi connectivity index (χ1) is 8.79. The minimum atomic E-state index is 0.691. The molecule has 0 aliphatic heterocycles. The van der Waals surface area contributed by atoms with Gasteiger partial charge in [-0.15, -0.1) is 0 Å². The minimum Gasteiger partial charge on any atom is -0.494 e. The molecule has 0 unspecified atom stereocenters. The van der Waals surface area contributed by atoms with Gasteiger partial charge in [0, 0.05) is 5.71 Å². The maximum Gasteiger partial charge on any atom is 0.119 e. The highest BCUT2D eigenvalue weighted by Crippen LogP contribution is 2.16. The number of hydrogen-bond acceptors (Lipinski definition) is 2. The second-order valence-corrected chi connectivity index (χ2v) is 3.99. The van der Waals surface area contributed by atoms with Gasteiger partial charge < -0.3 is 4.74 Å². The summed E-state index contributed by atoms with van der Waals surface area (Å²) in [6, 6.07) is 18.0. The summed E-state index contributed by atoms with van der Waals surface area (Å²) >= 11 is 0. The molecule has 0 N–H and O–H groups in total. The molecule has 2 heteroatoms. The van der Waals surface area contributed by atoms with Crippen molar-refractivity contribution in [3.63, 3.8) is 0 Å². The van der Waals surface area contributed by atoms with Crippen LogP contribution in [0, 0.1) is 0 Å². The van der Waals surface area contributed by atoms with Gasteiger partial charge in [-0.05, 0) is 55.8 Å². The quantitative estimate of drug-likeness (QED) is 0.732. The van der Waals surface area contributed by atoms with E-state index >= 15 is 0 Å². The van der Waals surface area contributed by atoms with Crippen LogP contribution < -0.4 is 4.74 Å². The van der Waals surface area contributed by atoms with Crippen molar-refractivity contribution in [3.05, 3.63) is 60.2 Å². The Kier molecular flexibility index (Phi) is 4.13. The molecule has 2 rings (SSSR count). The molecule has 2 nitrogen and oxygen atoms in total. The summed E-state index contributed by atoms with van der Waals surface area (Å²) in [7, 11) is 0. The Balaban J connectivity index is 2.18. The first-order valence-electron chi connectivity index (χ1n) is 6.13. The average molecular weight is 239 g/mol. The van der Waals surface area contributed by atoms with Crippen molar-refractivity contribution in [2.45, 2.75) is 13.8 Å². The summed E-state index contributed by atoms with van der Waals surface area (Å²) in [6.07, 6.45) is 0. The lowest BCUT2D eigenvalue weighted by Crippen LogP contribution is -1.95. The van der Waals surface area contributed by atoms with Crippen LogP contribution >= 0.6 is 0 Å². The molecular formula is C16H17NO. The van der Waals surface area contributed by atoms with Crippen LogP contribution in [0.2, 0.25) is 0 Å². The molecule has 0 saturated heterocycles. The molecule has 0 bridgehead atoms. The molecule has 92 valence electrons. The molecule has 18 heavy (non-hydrogen) atoms. The van der Waals surface area contributed by atoms with Crippen molar-refractivity contribution in [1.82, 2.24) is 0 Å². The van der Waals surface area contributed by atoms with E-state index in [1.165, 1.54) is 0 Å². The number of nitrogens with zero attached hydrogens (tertiary/aromatic N) is 1. The van der Waals surface area contributed by atoms with Crippen molar-refractivity contribution < 1.29 is 4.74 Å². The fraction of sp³-hybridized carbons (Fsp3) is 0.188. The Morgan fingerprint density at radius 2 is 1.67 bits per heavy atom. The second-order valence-electron chi connectivity index (χ2n) is 3.99. The molecule has 0 amide bonds. The first kappa shape index (κ1) is 12.4. The smallest absolute Gasteiger partial charge is 0.119 e. The molecule has 0 aliphatic rings. The number of rotatable bonds is 4. The lowest BCUT2D eigenvalue weighted by Gasteiger charge is -2.05. The molecule has 0 fully saturated rings. The van der Waals surface area contributed by atoms with Crippen molar-refractivity contribution in [1.29, 1.82) is 0 Å². The highest BCUT2D eigenvalue weighted by atomic mass is 16.5. The first-order valence-corrected chi connectivity index (χ1v) is 6.13. The zero-order chi connectivity index (χ0) is 12.8. The third-order valence-corrected chi connectivity index (χ3v) is 2.64. The number of ether oxygens (including phenoxy) is 1. The highest BCUT2D eigenvalue weighted by Gasteiger charge is 1.98. The summed E-state index contributed by atoms with van der Waals surface area (Å²) < 4.78 is 5.42. The fourth-order valence-electron chi connectivity index (χ4n) is 1.72. The van der Waals surface area contributed by atoms with Gasteiger partial charge in [-0.1, -0.05) is 18.2 Å². The number of aliphatic imine (C=N–C) groups is 1. The fourth-order valence-corrected chi connectivity index (χ4v) is 1.72. The van der Waals surface area contributed by atoms with Gasteiger partial charge in [0.1, 0.15) is 5.75 Å². The molecule has 0 spiro atoms. The molecule has 0 aliphatic carbocycles. The SMILES string of the molecule is CCOc1ccc(C(C)=Nc2ccccc2)cc1. The van der Waals surface area contributed by atoms with Gasteiger partial charge in [0.05, 0.1) is 12.3 Å². The van der Waals surface area contributed by atoms with Gasteiger partial charge in [-0.3, -0.25) is 4.99 Å². The minimum absolute atomic E-state index is 0.691. The third kappa shape index (κ3) is 3.20. The molecule has 2 aromatic rings. The van der Waals surface area contributed by atoms with Gasteiger partial charge in [0.25, 0.3) is 0 Å². The Labute approximate surface area is 108 Å². The Hall–Kier alpha value is -2.09.